The summed E-state index contributed by atoms with van der Waals surface area (Å²) in [5, 5.41) is 3.84. The van der Waals surface area contributed by atoms with Crippen molar-refractivity contribution >= 4 is 0 Å². The van der Waals surface area contributed by atoms with Gasteiger partial charge in [0.15, 0.2) is 0 Å². The molecular formula is C13H23N. The van der Waals surface area contributed by atoms with E-state index in [1.807, 2.05) is 0 Å². The number of hydrogen-bond acceptors (Lipinski definition) is 1. The quantitative estimate of drug-likeness (QED) is 0.726. The molecule has 1 spiro atoms. The van der Waals surface area contributed by atoms with E-state index in [1.165, 1.54) is 51.5 Å². The van der Waals surface area contributed by atoms with Crippen LogP contribution in [-0.4, -0.2) is 12.6 Å². The topological polar surface area (TPSA) is 12.0 Å². The summed E-state index contributed by atoms with van der Waals surface area (Å²) in [5.41, 5.74) is 0.776. The third-order valence-electron chi connectivity index (χ3n) is 5.17. The van der Waals surface area contributed by atoms with Crippen LogP contribution in [0.25, 0.3) is 0 Å². The maximum atomic E-state index is 3.84. The van der Waals surface area contributed by atoms with E-state index in [2.05, 4.69) is 12.2 Å². The van der Waals surface area contributed by atoms with Crippen LogP contribution in [0.2, 0.25) is 0 Å². The Kier molecular flexibility index (Phi) is 2.12. The van der Waals surface area contributed by atoms with Crippen molar-refractivity contribution in [1.82, 2.24) is 5.32 Å². The third kappa shape index (κ3) is 1.41. The molecule has 0 heterocycles. The molecule has 0 aromatic heterocycles. The first-order valence-electron chi connectivity index (χ1n) is 6.54. The van der Waals surface area contributed by atoms with Gasteiger partial charge in [-0.1, -0.05) is 19.8 Å². The van der Waals surface area contributed by atoms with Crippen LogP contribution in [0.15, 0.2) is 0 Å². The molecule has 0 bridgehead atoms. The van der Waals surface area contributed by atoms with Gasteiger partial charge in [0.25, 0.3) is 0 Å². The highest BCUT2D eigenvalue weighted by molar-refractivity contribution is 5.03. The first-order valence-corrected chi connectivity index (χ1v) is 6.54. The van der Waals surface area contributed by atoms with Crippen LogP contribution in [0.5, 0.6) is 0 Å². The van der Waals surface area contributed by atoms with Gasteiger partial charge in [-0.2, -0.15) is 0 Å². The van der Waals surface area contributed by atoms with E-state index in [9.17, 15) is 0 Å². The van der Waals surface area contributed by atoms with Crippen LogP contribution in [0.1, 0.15) is 51.9 Å². The number of rotatable bonds is 3. The second kappa shape index (κ2) is 3.23. The lowest BCUT2D eigenvalue weighted by molar-refractivity contribution is 0.0720. The molecule has 0 radical (unpaired) electrons. The van der Waals surface area contributed by atoms with E-state index in [-0.39, 0.29) is 0 Å². The average Bonchev–Trinajstić information content (AvgIpc) is 2.72. The van der Waals surface area contributed by atoms with Crippen molar-refractivity contribution in [2.75, 3.05) is 6.54 Å². The van der Waals surface area contributed by atoms with Gasteiger partial charge in [0.2, 0.25) is 0 Å². The lowest BCUT2D eigenvalue weighted by Crippen LogP contribution is -2.52. The van der Waals surface area contributed by atoms with Crippen molar-refractivity contribution in [1.29, 1.82) is 0 Å². The number of nitrogens with one attached hydrogen (secondary N) is 1. The Labute approximate surface area is 87.7 Å². The summed E-state index contributed by atoms with van der Waals surface area (Å²) in [5.74, 6) is 2.04. The van der Waals surface area contributed by atoms with Gasteiger partial charge >= 0.3 is 0 Å². The lowest BCUT2D eigenvalue weighted by Gasteiger charge is -2.48. The minimum atomic E-state index is 0.776. The largest absolute Gasteiger partial charge is 0.313 e. The molecule has 80 valence electrons. The molecule has 3 saturated carbocycles. The predicted molar refractivity (Wildman–Crippen MR) is 59.2 cm³/mol. The second-order valence-corrected chi connectivity index (χ2v) is 6.04. The van der Waals surface area contributed by atoms with Gasteiger partial charge in [0.05, 0.1) is 0 Å². The Morgan fingerprint density at radius 1 is 1.21 bits per heavy atom. The van der Waals surface area contributed by atoms with Crippen molar-refractivity contribution < 1.29 is 0 Å². The molecular weight excluding hydrogens is 170 g/mol. The van der Waals surface area contributed by atoms with Crippen LogP contribution in [-0.2, 0) is 0 Å². The zero-order valence-corrected chi connectivity index (χ0v) is 9.39. The second-order valence-electron chi connectivity index (χ2n) is 6.04. The highest BCUT2D eigenvalue weighted by Gasteiger charge is 2.48. The predicted octanol–water partition coefficient (Wildman–Crippen LogP) is 2.95. The fourth-order valence-electron chi connectivity index (χ4n) is 3.67. The highest BCUT2D eigenvalue weighted by atomic mass is 15.0. The van der Waals surface area contributed by atoms with Crippen LogP contribution in [0.4, 0.5) is 0 Å². The van der Waals surface area contributed by atoms with Gasteiger partial charge in [0.1, 0.15) is 0 Å². The van der Waals surface area contributed by atoms with Crippen molar-refractivity contribution in [2.24, 2.45) is 17.3 Å². The lowest BCUT2D eigenvalue weighted by atomic mass is 9.63. The minimum Gasteiger partial charge on any atom is -0.313 e. The average molecular weight is 193 g/mol. The highest BCUT2D eigenvalue weighted by Crippen LogP contribution is 2.53. The molecule has 0 aromatic rings. The Balaban J connectivity index is 1.48. The molecule has 3 atom stereocenters. The monoisotopic (exact) mass is 193 g/mol. The van der Waals surface area contributed by atoms with E-state index in [0.717, 1.165) is 23.3 Å². The smallest absolute Gasteiger partial charge is 0.0124 e. The van der Waals surface area contributed by atoms with E-state index in [4.69, 9.17) is 0 Å². The Morgan fingerprint density at radius 2 is 1.93 bits per heavy atom. The normalized spacial score (nSPS) is 43.9. The standard InChI is InChI=1S/C13H23N/c1-10-8-11(10)9-14-12-4-7-13(12)5-2-3-6-13/h10-12,14H,2-9H2,1H3. The van der Waals surface area contributed by atoms with Gasteiger partial charge in [-0.05, 0) is 55.9 Å². The molecule has 0 saturated heterocycles. The summed E-state index contributed by atoms with van der Waals surface area (Å²) in [4.78, 5) is 0. The fourth-order valence-corrected chi connectivity index (χ4v) is 3.67. The van der Waals surface area contributed by atoms with E-state index in [0.29, 0.717) is 0 Å². The zero-order chi connectivity index (χ0) is 9.60. The summed E-state index contributed by atoms with van der Waals surface area (Å²) in [6.45, 7) is 3.70. The SMILES string of the molecule is CC1CC1CNC1CCC12CCCC2. The van der Waals surface area contributed by atoms with Gasteiger partial charge in [0, 0.05) is 6.04 Å². The van der Waals surface area contributed by atoms with Crippen LogP contribution in [0.3, 0.4) is 0 Å². The summed E-state index contributed by atoms with van der Waals surface area (Å²) < 4.78 is 0. The van der Waals surface area contributed by atoms with Gasteiger partial charge in [-0.15, -0.1) is 0 Å². The van der Waals surface area contributed by atoms with Crippen LogP contribution in [0, 0.1) is 17.3 Å². The van der Waals surface area contributed by atoms with E-state index >= 15 is 0 Å². The summed E-state index contributed by atoms with van der Waals surface area (Å²) in [7, 11) is 0. The molecule has 14 heavy (non-hydrogen) atoms. The minimum absolute atomic E-state index is 0.776. The molecule has 0 aliphatic heterocycles. The molecule has 3 aliphatic rings. The molecule has 0 amide bonds. The molecule has 3 rings (SSSR count). The van der Waals surface area contributed by atoms with Crippen LogP contribution < -0.4 is 5.32 Å². The van der Waals surface area contributed by atoms with Crippen molar-refractivity contribution in [3.63, 3.8) is 0 Å². The molecule has 0 aromatic carbocycles. The van der Waals surface area contributed by atoms with Crippen LogP contribution >= 0.6 is 0 Å². The molecule has 1 heteroatoms. The fraction of sp³-hybridized carbons (Fsp3) is 1.00. The summed E-state index contributed by atoms with van der Waals surface area (Å²) in [6.07, 6.45) is 10.5. The zero-order valence-electron chi connectivity index (χ0n) is 9.39. The molecule has 1 nitrogen and oxygen atoms in total. The maximum absolute atomic E-state index is 3.84. The Bertz CT molecular complexity index is 217. The molecule has 3 unspecified atom stereocenters. The van der Waals surface area contributed by atoms with Crippen molar-refractivity contribution in [2.45, 2.75) is 57.9 Å². The molecule has 3 fully saturated rings. The summed E-state index contributed by atoms with van der Waals surface area (Å²) >= 11 is 0. The molecule has 3 aliphatic carbocycles. The Hall–Kier alpha value is -0.0400. The van der Waals surface area contributed by atoms with E-state index in [1.54, 1.807) is 0 Å². The Morgan fingerprint density at radius 3 is 2.43 bits per heavy atom. The van der Waals surface area contributed by atoms with Gasteiger partial charge in [-0.25, -0.2) is 0 Å². The van der Waals surface area contributed by atoms with Gasteiger partial charge in [-0.3, -0.25) is 0 Å². The third-order valence-corrected chi connectivity index (χ3v) is 5.17. The number of hydrogen-bond donors (Lipinski definition) is 1. The molecule has 1 N–H and O–H groups in total. The first-order chi connectivity index (χ1) is 6.80. The van der Waals surface area contributed by atoms with Gasteiger partial charge < -0.3 is 5.32 Å². The maximum Gasteiger partial charge on any atom is 0.0124 e. The first kappa shape index (κ1) is 9.21. The van der Waals surface area contributed by atoms with E-state index < -0.39 is 0 Å². The van der Waals surface area contributed by atoms with Crippen molar-refractivity contribution in [3.8, 4) is 0 Å². The summed E-state index contributed by atoms with van der Waals surface area (Å²) in [6, 6.07) is 0.901. The van der Waals surface area contributed by atoms with Crippen molar-refractivity contribution in [3.05, 3.63) is 0 Å².